The van der Waals surface area contributed by atoms with Gasteiger partial charge in [0.1, 0.15) is 5.75 Å². The fourth-order valence-electron chi connectivity index (χ4n) is 2.04. The lowest BCUT2D eigenvalue weighted by molar-refractivity contribution is 0.203. The summed E-state index contributed by atoms with van der Waals surface area (Å²) in [4.78, 5) is 8.37. The molecule has 0 aliphatic heterocycles. The molecule has 0 spiro atoms. The van der Waals surface area contributed by atoms with Crippen LogP contribution in [-0.2, 0) is 11.3 Å². The Labute approximate surface area is 147 Å². The second-order valence-electron chi connectivity index (χ2n) is 5.17. The van der Waals surface area contributed by atoms with Crippen LogP contribution in [0.2, 0.25) is 0 Å². The number of nitrogens with one attached hydrogen (secondary N) is 2. The number of hydrogen-bond donors (Lipinski definition) is 2. The maximum Gasteiger partial charge on any atom is 0.191 e. The summed E-state index contributed by atoms with van der Waals surface area (Å²) < 4.78 is 24.7. The first-order chi connectivity index (χ1) is 12.2. The van der Waals surface area contributed by atoms with E-state index in [1.807, 2.05) is 6.92 Å². The Morgan fingerprint density at radius 1 is 1.28 bits per heavy atom. The molecule has 2 aromatic rings. The number of rotatable bonds is 8. The number of hydrogen-bond acceptors (Lipinski definition) is 4. The molecule has 1 aromatic heterocycles. The zero-order chi connectivity index (χ0) is 17.9. The predicted octanol–water partition coefficient (Wildman–Crippen LogP) is 2.71. The van der Waals surface area contributed by atoms with E-state index >= 15 is 0 Å². The van der Waals surface area contributed by atoms with Crippen LogP contribution < -0.4 is 15.4 Å². The molecule has 0 radical (unpaired) electrons. The minimum Gasteiger partial charge on any atom is -0.453 e. The summed E-state index contributed by atoms with van der Waals surface area (Å²) in [5.74, 6) is 0.874. The molecule has 1 aromatic carbocycles. The zero-order valence-electron chi connectivity index (χ0n) is 14.5. The van der Waals surface area contributed by atoms with Crippen molar-refractivity contribution in [1.29, 1.82) is 0 Å². The topological polar surface area (TPSA) is 67.8 Å². The molecule has 0 aliphatic rings. The molecule has 2 rings (SSSR count). The Hall–Kier alpha value is -2.67. The first-order valence-electron chi connectivity index (χ1n) is 8.10. The summed E-state index contributed by atoms with van der Waals surface area (Å²) in [6, 6.07) is 8.26. The van der Waals surface area contributed by atoms with Gasteiger partial charge in [-0.15, -0.1) is 0 Å². The molecule has 0 bridgehead atoms. The number of nitrogens with zero attached hydrogens (tertiary/aromatic N) is 2. The minimum atomic E-state index is -0.436. The number of aliphatic imine (C=N–C) groups is 1. The van der Waals surface area contributed by atoms with Crippen LogP contribution in [0.15, 0.2) is 47.7 Å². The first-order valence-corrected chi connectivity index (χ1v) is 8.10. The van der Waals surface area contributed by atoms with Gasteiger partial charge in [-0.05, 0) is 36.8 Å². The number of guanidine groups is 1. The van der Waals surface area contributed by atoms with Crippen molar-refractivity contribution in [2.24, 2.45) is 4.99 Å². The number of ether oxygens (including phenoxy) is 2. The van der Waals surface area contributed by atoms with E-state index in [0.29, 0.717) is 31.4 Å². The quantitative estimate of drug-likeness (QED) is 0.437. The highest BCUT2D eigenvalue weighted by molar-refractivity contribution is 5.79. The summed E-state index contributed by atoms with van der Waals surface area (Å²) in [5.41, 5.74) is 0.750. The molecule has 0 amide bonds. The van der Waals surface area contributed by atoms with Gasteiger partial charge in [0, 0.05) is 26.4 Å². The molecule has 0 unspecified atom stereocenters. The van der Waals surface area contributed by atoms with E-state index in [1.54, 1.807) is 37.6 Å². The van der Waals surface area contributed by atoms with Crippen LogP contribution in [0.25, 0.3) is 0 Å². The van der Waals surface area contributed by atoms with Gasteiger partial charge in [-0.3, -0.25) is 4.98 Å². The Morgan fingerprint density at radius 2 is 2.16 bits per heavy atom. The molecule has 134 valence electrons. The van der Waals surface area contributed by atoms with E-state index in [2.05, 4.69) is 20.6 Å². The SMILES string of the molecule is CCNC(=NCc1ccc(Oc2cccnc2)c(F)c1)NCCOC. The average Bonchev–Trinajstić information content (AvgIpc) is 2.63. The summed E-state index contributed by atoms with van der Waals surface area (Å²) in [7, 11) is 1.64. The van der Waals surface area contributed by atoms with Crippen LogP contribution >= 0.6 is 0 Å². The lowest BCUT2D eigenvalue weighted by Gasteiger charge is -2.11. The molecule has 7 heteroatoms. The van der Waals surface area contributed by atoms with Gasteiger partial charge in [-0.1, -0.05) is 6.07 Å². The van der Waals surface area contributed by atoms with Crippen molar-refractivity contribution in [2.75, 3.05) is 26.8 Å². The molecule has 0 saturated heterocycles. The molecule has 1 heterocycles. The average molecular weight is 346 g/mol. The van der Waals surface area contributed by atoms with Gasteiger partial charge in [0.15, 0.2) is 17.5 Å². The van der Waals surface area contributed by atoms with Gasteiger partial charge < -0.3 is 20.1 Å². The monoisotopic (exact) mass is 346 g/mol. The van der Waals surface area contributed by atoms with E-state index in [9.17, 15) is 4.39 Å². The lowest BCUT2D eigenvalue weighted by Crippen LogP contribution is -2.38. The molecular weight excluding hydrogens is 323 g/mol. The van der Waals surface area contributed by atoms with Crippen LogP contribution in [0.4, 0.5) is 4.39 Å². The standard InChI is InChI=1S/C18H23FN4O2/c1-3-21-18(22-9-10-24-2)23-12-14-6-7-17(16(19)11-14)25-15-5-4-8-20-13-15/h4-8,11,13H,3,9-10,12H2,1-2H3,(H2,21,22,23). The molecule has 6 nitrogen and oxygen atoms in total. The molecule has 25 heavy (non-hydrogen) atoms. The summed E-state index contributed by atoms with van der Waals surface area (Å²) in [6.07, 6.45) is 3.17. The van der Waals surface area contributed by atoms with Crippen molar-refractivity contribution in [3.8, 4) is 11.5 Å². The molecule has 2 N–H and O–H groups in total. The van der Waals surface area contributed by atoms with Crippen molar-refractivity contribution in [2.45, 2.75) is 13.5 Å². The van der Waals surface area contributed by atoms with Crippen molar-refractivity contribution in [1.82, 2.24) is 15.6 Å². The van der Waals surface area contributed by atoms with Gasteiger partial charge in [0.2, 0.25) is 0 Å². The molecule has 0 fully saturated rings. The third-order valence-corrected chi connectivity index (χ3v) is 3.22. The number of aromatic nitrogens is 1. The number of methoxy groups -OCH3 is 1. The van der Waals surface area contributed by atoms with E-state index < -0.39 is 5.82 Å². The third-order valence-electron chi connectivity index (χ3n) is 3.22. The van der Waals surface area contributed by atoms with Crippen LogP contribution in [-0.4, -0.2) is 37.7 Å². The maximum atomic E-state index is 14.2. The Bertz CT molecular complexity index is 680. The highest BCUT2D eigenvalue weighted by Gasteiger charge is 2.06. The smallest absolute Gasteiger partial charge is 0.191 e. The van der Waals surface area contributed by atoms with Crippen molar-refractivity contribution >= 4 is 5.96 Å². The van der Waals surface area contributed by atoms with Crippen LogP contribution in [0, 0.1) is 5.82 Å². The fourth-order valence-corrected chi connectivity index (χ4v) is 2.04. The fraction of sp³-hybridized carbons (Fsp3) is 0.333. The van der Waals surface area contributed by atoms with Crippen molar-refractivity contribution in [3.05, 3.63) is 54.1 Å². The zero-order valence-corrected chi connectivity index (χ0v) is 14.5. The van der Waals surface area contributed by atoms with Gasteiger partial charge in [-0.2, -0.15) is 0 Å². The summed E-state index contributed by atoms with van der Waals surface area (Å²) >= 11 is 0. The third kappa shape index (κ3) is 6.39. The number of halogens is 1. The Kier molecular flexibility index (Phi) is 7.65. The molecule has 0 atom stereocenters. The van der Waals surface area contributed by atoms with Crippen molar-refractivity contribution < 1.29 is 13.9 Å². The minimum absolute atomic E-state index is 0.158. The second kappa shape index (κ2) is 10.2. The Balaban J connectivity index is 1.99. The van der Waals surface area contributed by atoms with E-state index in [1.165, 1.54) is 12.3 Å². The van der Waals surface area contributed by atoms with Gasteiger partial charge >= 0.3 is 0 Å². The molecular formula is C18H23FN4O2. The predicted molar refractivity (Wildman–Crippen MR) is 95.4 cm³/mol. The molecule has 0 saturated carbocycles. The van der Waals surface area contributed by atoms with Crippen LogP contribution in [0.5, 0.6) is 11.5 Å². The van der Waals surface area contributed by atoms with Gasteiger partial charge in [0.05, 0.1) is 19.3 Å². The van der Waals surface area contributed by atoms with Gasteiger partial charge in [0.25, 0.3) is 0 Å². The highest BCUT2D eigenvalue weighted by atomic mass is 19.1. The van der Waals surface area contributed by atoms with Crippen LogP contribution in [0.3, 0.4) is 0 Å². The number of pyridine rings is 1. The Morgan fingerprint density at radius 3 is 2.84 bits per heavy atom. The summed E-state index contributed by atoms with van der Waals surface area (Å²) in [6.45, 7) is 4.31. The second-order valence-corrected chi connectivity index (χ2v) is 5.17. The number of benzene rings is 1. The molecule has 0 aliphatic carbocycles. The largest absolute Gasteiger partial charge is 0.453 e. The maximum absolute atomic E-state index is 14.2. The first kappa shape index (κ1) is 18.7. The summed E-state index contributed by atoms with van der Waals surface area (Å²) in [5, 5.41) is 6.27. The van der Waals surface area contributed by atoms with Gasteiger partial charge in [-0.25, -0.2) is 9.38 Å². The lowest BCUT2D eigenvalue weighted by atomic mass is 10.2. The van der Waals surface area contributed by atoms with E-state index in [-0.39, 0.29) is 5.75 Å². The van der Waals surface area contributed by atoms with E-state index in [0.717, 1.165) is 12.1 Å². The van der Waals surface area contributed by atoms with Crippen molar-refractivity contribution in [3.63, 3.8) is 0 Å². The highest BCUT2D eigenvalue weighted by Crippen LogP contribution is 2.24. The van der Waals surface area contributed by atoms with E-state index in [4.69, 9.17) is 9.47 Å². The van der Waals surface area contributed by atoms with Crippen LogP contribution in [0.1, 0.15) is 12.5 Å². The normalized spacial score (nSPS) is 11.2.